The summed E-state index contributed by atoms with van der Waals surface area (Å²) in [6.45, 7) is 1.81. The first-order valence-electron chi connectivity index (χ1n) is 6.78. The third kappa shape index (κ3) is 2.16. The molecule has 2 aromatic carbocycles. The fourth-order valence-corrected chi connectivity index (χ4v) is 2.51. The summed E-state index contributed by atoms with van der Waals surface area (Å²) < 4.78 is 0. The molecule has 2 aromatic rings. The van der Waals surface area contributed by atoms with Gasteiger partial charge in [-0.15, -0.1) is 0 Å². The van der Waals surface area contributed by atoms with Crippen LogP contribution in [0.25, 0.3) is 0 Å². The summed E-state index contributed by atoms with van der Waals surface area (Å²) in [4.78, 5) is 12.5. The average molecular weight is 267 g/mol. The molecule has 0 unspecified atom stereocenters. The number of nitrogens with one attached hydrogen (secondary N) is 1. The van der Waals surface area contributed by atoms with Gasteiger partial charge in [-0.05, 0) is 49.1 Å². The number of benzene rings is 2. The summed E-state index contributed by atoms with van der Waals surface area (Å²) in [7, 11) is 0. The molecule has 3 heteroatoms. The molecule has 1 amide bonds. The molecule has 1 saturated carbocycles. The Morgan fingerprint density at radius 3 is 2.45 bits per heavy atom. The van der Waals surface area contributed by atoms with Gasteiger partial charge in [0.15, 0.2) is 0 Å². The minimum atomic E-state index is -0.368. The van der Waals surface area contributed by atoms with Crippen molar-refractivity contribution in [3.05, 3.63) is 59.7 Å². The van der Waals surface area contributed by atoms with Crippen molar-refractivity contribution in [1.29, 1.82) is 0 Å². The first-order valence-corrected chi connectivity index (χ1v) is 6.78. The normalized spacial score (nSPS) is 15.7. The maximum atomic E-state index is 12.5. The van der Waals surface area contributed by atoms with Gasteiger partial charge in [0, 0.05) is 5.69 Å². The number of phenols is 1. The molecule has 1 aliphatic carbocycles. The predicted molar refractivity (Wildman–Crippen MR) is 78.8 cm³/mol. The third-order valence-corrected chi connectivity index (χ3v) is 3.97. The number of carbonyl (C=O) groups excluding carboxylic acids is 1. The molecule has 3 rings (SSSR count). The van der Waals surface area contributed by atoms with Crippen LogP contribution in [0.5, 0.6) is 5.75 Å². The van der Waals surface area contributed by atoms with E-state index in [1.165, 1.54) is 0 Å². The van der Waals surface area contributed by atoms with E-state index in [2.05, 4.69) is 5.32 Å². The lowest BCUT2D eigenvalue weighted by Crippen LogP contribution is -2.27. The number of phenolic OH excluding ortho intramolecular Hbond substituents is 1. The third-order valence-electron chi connectivity index (χ3n) is 3.97. The number of aryl methyl sites for hydroxylation is 1. The van der Waals surface area contributed by atoms with Crippen LogP contribution in [0.3, 0.4) is 0 Å². The Balaban J connectivity index is 1.81. The molecular formula is C17H17NO2. The van der Waals surface area contributed by atoms with Gasteiger partial charge in [0.25, 0.3) is 0 Å². The number of hydrogen-bond donors (Lipinski definition) is 2. The van der Waals surface area contributed by atoms with Crippen molar-refractivity contribution in [1.82, 2.24) is 0 Å². The van der Waals surface area contributed by atoms with Gasteiger partial charge in [0.1, 0.15) is 5.75 Å². The van der Waals surface area contributed by atoms with Gasteiger partial charge in [0.2, 0.25) is 5.91 Å². The highest BCUT2D eigenvalue weighted by Crippen LogP contribution is 2.48. The fourth-order valence-electron chi connectivity index (χ4n) is 2.51. The van der Waals surface area contributed by atoms with Crippen LogP contribution in [0.1, 0.15) is 24.0 Å². The number of carbonyl (C=O) groups is 1. The van der Waals surface area contributed by atoms with E-state index in [-0.39, 0.29) is 17.1 Å². The van der Waals surface area contributed by atoms with Gasteiger partial charge in [-0.25, -0.2) is 0 Å². The summed E-state index contributed by atoms with van der Waals surface area (Å²) in [5.74, 6) is 0.279. The van der Waals surface area contributed by atoms with Gasteiger partial charge in [-0.2, -0.15) is 0 Å². The maximum absolute atomic E-state index is 12.5. The molecule has 0 saturated heterocycles. The number of aromatic hydroxyl groups is 1. The van der Waals surface area contributed by atoms with E-state index in [4.69, 9.17) is 0 Å². The van der Waals surface area contributed by atoms with Crippen molar-refractivity contribution in [3.63, 3.8) is 0 Å². The molecular weight excluding hydrogens is 250 g/mol. The van der Waals surface area contributed by atoms with Crippen molar-refractivity contribution in [2.24, 2.45) is 0 Å². The number of rotatable bonds is 3. The van der Waals surface area contributed by atoms with Crippen LogP contribution in [0.4, 0.5) is 5.69 Å². The van der Waals surface area contributed by atoms with Crippen LogP contribution in [0.2, 0.25) is 0 Å². The van der Waals surface area contributed by atoms with Crippen LogP contribution >= 0.6 is 0 Å². The zero-order valence-corrected chi connectivity index (χ0v) is 11.4. The van der Waals surface area contributed by atoms with E-state index in [1.807, 2.05) is 37.3 Å². The summed E-state index contributed by atoms with van der Waals surface area (Å²) in [5, 5.41) is 12.5. The van der Waals surface area contributed by atoms with E-state index in [0.29, 0.717) is 0 Å². The zero-order valence-electron chi connectivity index (χ0n) is 11.4. The standard InChI is InChI=1S/C17H17NO2/c1-12-11-14(7-8-15(12)19)18-16(20)17(9-10-17)13-5-3-2-4-6-13/h2-8,11,19H,9-10H2,1H3,(H,18,20). The topological polar surface area (TPSA) is 49.3 Å². The Kier molecular flexibility index (Phi) is 2.97. The lowest BCUT2D eigenvalue weighted by atomic mass is 9.95. The van der Waals surface area contributed by atoms with Crippen molar-refractivity contribution in [2.45, 2.75) is 25.2 Å². The number of amides is 1. The molecule has 0 bridgehead atoms. The van der Waals surface area contributed by atoms with Gasteiger partial charge in [-0.3, -0.25) is 4.79 Å². The number of anilines is 1. The van der Waals surface area contributed by atoms with Crippen molar-refractivity contribution in [2.75, 3.05) is 5.32 Å². The Morgan fingerprint density at radius 1 is 1.15 bits per heavy atom. The summed E-state index contributed by atoms with van der Waals surface area (Å²) >= 11 is 0. The highest BCUT2D eigenvalue weighted by molar-refractivity contribution is 6.01. The van der Waals surface area contributed by atoms with Gasteiger partial charge in [0.05, 0.1) is 5.41 Å². The summed E-state index contributed by atoms with van der Waals surface area (Å²) in [6, 6.07) is 15.0. The quantitative estimate of drug-likeness (QED) is 0.838. The summed E-state index contributed by atoms with van der Waals surface area (Å²) in [6.07, 6.45) is 1.78. The van der Waals surface area contributed by atoms with Crippen molar-refractivity contribution >= 4 is 11.6 Å². The second-order valence-electron chi connectivity index (χ2n) is 5.40. The molecule has 1 aliphatic rings. The summed E-state index contributed by atoms with van der Waals surface area (Å²) in [5.41, 5.74) is 2.19. The second kappa shape index (κ2) is 4.67. The van der Waals surface area contributed by atoms with E-state index in [0.717, 1.165) is 29.7 Å². The Hall–Kier alpha value is -2.29. The van der Waals surface area contributed by atoms with Gasteiger partial charge in [-0.1, -0.05) is 30.3 Å². The van der Waals surface area contributed by atoms with Crippen molar-refractivity contribution < 1.29 is 9.90 Å². The minimum Gasteiger partial charge on any atom is -0.508 e. The Bertz CT molecular complexity index is 645. The second-order valence-corrected chi connectivity index (χ2v) is 5.40. The lowest BCUT2D eigenvalue weighted by Gasteiger charge is -2.16. The molecule has 0 aromatic heterocycles. The van der Waals surface area contributed by atoms with E-state index >= 15 is 0 Å². The van der Waals surface area contributed by atoms with Crippen LogP contribution < -0.4 is 5.32 Å². The highest BCUT2D eigenvalue weighted by atomic mass is 16.3. The van der Waals surface area contributed by atoms with Crippen LogP contribution in [0, 0.1) is 6.92 Å². The highest BCUT2D eigenvalue weighted by Gasteiger charge is 2.51. The van der Waals surface area contributed by atoms with Gasteiger partial charge < -0.3 is 10.4 Å². The van der Waals surface area contributed by atoms with Crippen LogP contribution in [-0.2, 0) is 10.2 Å². The Labute approximate surface area is 118 Å². The monoisotopic (exact) mass is 267 g/mol. The van der Waals surface area contributed by atoms with Crippen LogP contribution in [-0.4, -0.2) is 11.0 Å². The molecule has 20 heavy (non-hydrogen) atoms. The molecule has 0 radical (unpaired) electrons. The van der Waals surface area contributed by atoms with Crippen LogP contribution in [0.15, 0.2) is 48.5 Å². The first kappa shape index (κ1) is 12.7. The Morgan fingerprint density at radius 2 is 1.85 bits per heavy atom. The molecule has 3 nitrogen and oxygen atoms in total. The molecule has 102 valence electrons. The molecule has 1 fully saturated rings. The largest absolute Gasteiger partial charge is 0.508 e. The lowest BCUT2D eigenvalue weighted by molar-refractivity contribution is -0.118. The average Bonchev–Trinajstić information content (AvgIpc) is 3.26. The molecule has 0 aliphatic heterocycles. The van der Waals surface area contributed by atoms with E-state index in [9.17, 15) is 9.90 Å². The smallest absolute Gasteiger partial charge is 0.235 e. The predicted octanol–water partition coefficient (Wildman–Crippen LogP) is 3.37. The first-order chi connectivity index (χ1) is 9.62. The van der Waals surface area contributed by atoms with E-state index < -0.39 is 0 Å². The van der Waals surface area contributed by atoms with Crippen molar-refractivity contribution in [3.8, 4) is 5.75 Å². The molecule has 2 N–H and O–H groups in total. The fraction of sp³-hybridized carbons (Fsp3) is 0.235. The van der Waals surface area contributed by atoms with E-state index in [1.54, 1.807) is 18.2 Å². The molecule has 0 atom stereocenters. The number of hydrogen-bond acceptors (Lipinski definition) is 2. The molecule has 0 heterocycles. The maximum Gasteiger partial charge on any atom is 0.235 e. The molecule has 0 spiro atoms. The SMILES string of the molecule is Cc1cc(NC(=O)C2(c3ccccc3)CC2)ccc1O. The zero-order chi connectivity index (χ0) is 14.2. The van der Waals surface area contributed by atoms with Gasteiger partial charge >= 0.3 is 0 Å². The minimum absolute atomic E-state index is 0.0359.